The van der Waals surface area contributed by atoms with Crippen LogP contribution in [0.25, 0.3) is 11.1 Å². The molecule has 90 valence electrons. The molecule has 0 fully saturated rings. The Labute approximate surface area is 99.2 Å². The number of aromatic nitrogens is 1. The van der Waals surface area contributed by atoms with E-state index in [2.05, 4.69) is 11.9 Å². The lowest BCUT2D eigenvalue weighted by Crippen LogP contribution is -2.10. The largest absolute Gasteiger partial charge is 0.497 e. The van der Waals surface area contributed by atoms with Crippen LogP contribution in [0.1, 0.15) is 25.5 Å². The summed E-state index contributed by atoms with van der Waals surface area (Å²) in [6, 6.07) is 5.28. The number of rotatable bonds is 4. The molecular formula is C13H15NO3. The second-order valence-electron chi connectivity index (χ2n) is 3.89. The zero-order chi connectivity index (χ0) is 12.3. The Balaban J connectivity index is 2.47. The Hall–Kier alpha value is -1.84. The third-order valence-electron chi connectivity index (χ3n) is 2.63. The van der Waals surface area contributed by atoms with Crippen molar-refractivity contribution in [3.05, 3.63) is 34.3 Å². The predicted octanol–water partition coefficient (Wildman–Crippen LogP) is 2.54. The van der Waals surface area contributed by atoms with Crippen molar-refractivity contribution in [2.24, 2.45) is 0 Å². The normalized spacial score (nSPS) is 10.7. The van der Waals surface area contributed by atoms with Gasteiger partial charge in [-0.25, -0.2) is 9.78 Å². The molecule has 0 bridgehead atoms. The summed E-state index contributed by atoms with van der Waals surface area (Å²) < 4.78 is 10.3. The maximum absolute atomic E-state index is 11.7. The molecule has 0 aliphatic carbocycles. The fourth-order valence-electron chi connectivity index (χ4n) is 1.65. The van der Waals surface area contributed by atoms with Gasteiger partial charge >= 0.3 is 5.63 Å². The van der Waals surface area contributed by atoms with Gasteiger partial charge in [0, 0.05) is 6.07 Å². The molecule has 0 atom stereocenters. The van der Waals surface area contributed by atoms with Gasteiger partial charge in [-0.15, -0.1) is 0 Å². The SMILES string of the molecule is CCCCc1nc2ccc(OC)cc2oc1=O. The third-order valence-corrected chi connectivity index (χ3v) is 2.63. The number of hydrogen-bond acceptors (Lipinski definition) is 4. The van der Waals surface area contributed by atoms with E-state index in [9.17, 15) is 4.79 Å². The number of nitrogens with zero attached hydrogens (tertiary/aromatic N) is 1. The molecule has 0 unspecified atom stereocenters. The first-order chi connectivity index (χ1) is 8.24. The standard InChI is InChI=1S/C13H15NO3/c1-3-4-5-11-13(15)17-12-8-9(16-2)6-7-10(12)14-11/h6-8H,3-5H2,1-2H3. The van der Waals surface area contributed by atoms with Crippen LogP contribution in [-0.4, -0.2) is 12.1 Å². The molecule has 1 aromatic carbocycles. The fraction of sp³-hybridized carbons (Fsp3) is 0.385. The number of aryl methyl sites for hydroxylation is 1. The number of unbranched alkanes of at least 4 members (excludes halogenated alkanes) is 1. The summed E-state index contributed by atoms with van der Waals surface area (Å²) in [5, 5.41) is 0. The van der Waals surface area contributed by atoms with Crippen molar-refractivity contribution < 1.29 is 9.15 Å². The summed E-state index contributed by atoms with van der Waals surface area (Å²) in [6.07, 6.45) is 2.64. The highest BCUT2D eigenvalue weighted by Crippen LogP contribution is 2.18. The van der Waals surface area contributed by atoms with Crippen molar-refractivity contribution in [3.8, 4) is 5.75 Å². The van der Waals surface area contributed by atoms with E-state index in [1.54, 1.807) is 25.3 Å². The van der Waals surface area contributed by atoms with Gasteiger partial charge in [0.1, 0.15) is 17.0 Å². The van der Waals surface area contributed by atoms with Gasteiger partial charge in [-0.1, -0.05) is 13.3 Å². The summed E-state index contributed by atoms with van der Waals surface area (Å²) >= 11 is 0. The topological polar surface area (TPSA) is 52.3 Å². The van der Waals surface area contributed by atoms with Crippen LogP contribution in [0.5, 0.6) is 5.75 Å². The van der Waals surface area contributed by atoms with Gasteiger partial charge in [0.15, 0.2) is 5.58 Å². The minimum absolute atomic E-state index is 0.348. The first-order valence-electron chi connectivity index (χ1n) is 5.72. The molecule has 0 aliphatic heterocycles. The summed E-state index contributed by atoms with van der Waals surface area (Å²) in [4.78, 5) is 16.0. The van der Waals surface area contributed by atoms with Crippen LogP contribution in [-0.2, 0) is 6.42 Å². The van der Waals surface area contributed by atoms with E-state index in [0.717, 1.165) is 12.8 Å². The molecule has 0 saturated carbocycles. The molecule has 1 aromatic heterocycles. The molecule has 0 spiro atoms. The van der Waals surface area contributed by atoms with Gasteiger partial charge in [0.25, 0.3) is 0 Å². The minimum atomic E-state index is -0.348. The lowest BCUT2D eigenvalue weighted by Gasteiger charge is -2.02. The van der Waals surface area contributed by atoms with E-state index in [1.165, 1.54) is 0 Å². The van der Waals surface area contributed by atoms with Gasteiger partial charge in [0.2, 0.25) is 0 Å². The summed E-state index contributed by atoms with van der Waals surface area (Å²) in [7, 11) is 1.57. The fourth-order valence-corrected chi connectivity index (χ4v) is 1.65. The summed E-state index contributed by atoms with van der Waals surface area (Å²) in [5.74, 6) is 0.656. The molecule has 2 aromatic rings. The van der Waals surface area contributed by atoms with Crippen LogP contribution in [0.2, 0.25) is 0 Å². The monoisotopic (exact) mass is 233 g/mol. The average molecular weight is 233 g/mol. The quantitative estimate of drug-likeness (QED) is 0.814. The first kappa shape index (κ1) is 11.6. The highest BCUT2D eigenvalue weighted by molar-refractivity contribution is 5.73. The van der Waals surface area contributed by atoms with Crippen molar-refractivity contribution in [1.82, 2.24) is 4.98 Å². The smallest absolute Gasteiger partial charge is 0.358 e. The van der Waals surface area contributed by atoms with Gasteiger partial charge in [-0.3, -0.25) is 0 Å². The van der Waals surface area contributed by atoms with Gasteiger partial charge in [-0.05, 0) is 25.0 Å². The average Bonchev–Trinajstić information content (AvgIpc) is 2.35. The molecule has 1 heterocycles. The van der Waals surface area contributed by atoms with Crippen LogP contribution >= 0.6 is 0 Å². The summed E-state index contributed by atoms with van der Waals surface area (Å²) in [5.41, 5.74) is 1.31. The first-order valence-corrected chi connectivity index (χ1v) is 5.72. The molecule has 4 nitrogen and oxygen atoms in total. The van der Waals surface area contributed by atoms with E-state index in [1.807, 2.05) is 0 Å². The molecule has 0 aliphatic rings. The lowest BCUT2D eigenvalue weighted by atomic mass is 10.2. The Kier molecular flexibility index (Phi) is 3.42. The van der Waals surface area contributed by atoms with Gasteiger partial charge in [-0.2, -0.15) is 0 Å². The van der Waals surface area contributed by atoms with E-state index < -0.39 is 0 Å². The Morgan fingerprint density at radius 1 is 1.41 bits per heavy atom. The van der Waals surface area contributed by atoms with Crippen molar-refractivity contribution in [1.29, 1.82) is 0 Å². The Morgan fingerprint density at radius 3 is 2.94 bits per heavy atom. The molecule has 0 radical (unpaired) electrons. The highest BCUT2D eigenvalue weighted by Gasteiger charge is 2.07. The number of fused-ring (bicyclic) bond motifs is 1. The molecule has 0 saturated heterocycles. The number of hydrogen-bond donors (Lipinski definition) is 0. The van der Waals surface area contributed by atoms with Gasteiger partial charge in [0.05, 0.1) is 7.11 Å². The van der Waals surface area contributed by atoms with Gasteiger partial charge < -0.3 is 9.15 Å². The molecule has 0 amide bonds. The zero-order valence-electron chi connectivity index (χ0n) is 10.0. The Bertz CT molecular complexity index is 574. The Morgan fingerprint density at radius 2 is 2.24 bits per heavy atom. The molecule has 2 rings (SSSR count). The van der Waals surface area contributed by atoms with Crippen molar-refractivity contribution in [2.75, 3.05) is 7.11 Å². The zero-order valence-corrected chi connectivity index (χ0v) is 10.0. The lowest BCUT2D eigenvalue weighted by molar-refractivity contribution is 0.413. The van der Waals surface area contributed by atoms with Crippen molar-refractivity contribution in [3.63, 3.8) is 0 Å². The van der Waals surface area contributed by atoms with Crippen LogP contribution < -0.4 is 10.4 Å². The molecule has 0 N–H and O–H groups in total. The summed E-state index contributed by atoms with van der Waals surface area (Å²) in [6.45, 7) is 2.08. The number of benzene rings is 1. The minimum Gasteiger partial charge on any atom is -0.497 e. The molecule has 17 heavy (non-hydrogen) atoms. The van der Waals surface area contributed by atoms with E-state index >= 15 is 0 Å². The molecule has 4 heteroatoms. The van der Waals surface area contributed by atoms with Crippen molar-refractivity contribution >= 4 is 11.1 Å². The van der Waals surface area contributed by atoms with E-state index in [-0.39, 0.29) is 5.63 Å². The third kappa shape index (κ3) is 2.46. The van der Waals surface area contributed by atoms with Crippen molar-refractivity contribution in [2.45, 2.75) is 26.2 Å². The van der Waals surface area contributed by atoms with Crippen LogP contribution in [0, 0.1) is 0 Å². The second kappa shape index (κ2) is 4.99. The number of methoxy groups -OCH3 is 1. The van der Waals surface area contributed by atoms with E-state index in [0.29, 0.717) is 29.0 Å². The highest BCUT2D eigenvalue weighted by atomic mass is 16.5. The maximum atomic E-state index is 11.7. The molecular weight excluding hydrogens is 218 g/mol. The second-order valence-corrected chi connectivity index (χ2v) is 3.89. The van der Waals surface area contributed by atoms with Crippen LogP contribution in [0.4, 0.5) is 0 Å². The number of ether oxygens (including phenoxy) is 1. The van der Waals surface area contributed by atoms with E-state index in [4.69, 9.17) is 9.15 Å². The predicted molar refractivity (Wildman–Crippen MR) is 65.4 cm³/mol. The maximum Gasteiger partial charge on any atom is 0.358 e. The van der Waals surface area contributed by atoms with Crippen LogP contribution in [0.3, 0.4) is 0 Å². The van der Waals surface area contributed by atoms with Crippen LogP contribution in [0.15, 0.2) is 27.4 Å².